The first-order chi connectivity index (χ1) is 70.6. The second-order valence-electron chi connectivity index (χ2n) is 35.6. The highest BCUT2D eigenvalue weighted by atomic mass is 79.9. The van der Waals surface area contributed by atoms with E-state index in [9.17, 15) is 0 Å². The van der Waals surface area contributed by atoms with Crippen LogP contribution in [0.4, 0.5) is 68.2 Å². The number of anilines is 12. The van der Waals surface area contributed by atoms with Crippen molar-refractivity contribution < 1.29 is 0 Å². The van der Waals surface area contributed by atoms with Crippen LogP contribution in [0.5, 0.6) is 0 Å². The summed E-state index contributed by atoms with van der Waals surface area (Å²) in [4.78, 5) is 9.62. The van der Waals surface area contributed by atoms with Crippen molar-refractivity contribution in [2.24, 2.45) is 0 Å². The van der Waals surface area contributed by atoms with Gasteiger partial charge in [-0.25, -0.2) is 0 Å². The lowest BCUT2D eigenvalue weighted by Gasteiger charge is -2.44. The van der Waals surface area contributed by atoms with Crippen LogP contribution in [-0.2, 0) is 12.8 Å². The van der Waals surface area contributed by atoms with E-state index in [1.54, 1.807) is 6.07 Å². The van der Waals surface area contributed by atoms with Gasteiger partial charge in [0.15, 0.2) is 0 Å². The van der Waals surface area contributed by atoms with Gasteiger partial charge in [-0.2, -0.15) is 0 Å². The third kappa shape index (κ3) is 16.9. The van der Waals surface area contributed by atoms with E-state index in [-0.39, 0.29) is 6.71 Å². The number of nitrogens with zero attached hydrogens (tertiary/aromatic N) is 4. The summed E-state index contributed by atoms with van der Waals surface area (Å²) in [7, 11) is 0. The van der Waals surface area contributed by atoms with Crippen molar-refractivity contribution in [3.05, 3.63) is 521 Å². The van der Waals surface area contributed by atoms with Crippen LogP contribution in [0.3, 0.4) is 0 Å². The maximum atomic E-state index is 7.64. The van der Waals surface area contributed by atoms with Gasteiger partial charge in [0.25, 0.3) is 6.71 Å². The molecule has 0 saturated heterocycles. The Morgan fingerprint density at radius 3 is 1.17 bits per heavy atom. The van der Waals surface area contributed by atoms with E-state index < -0.39 is 0 Å². The number of fused-ring (bicyclic) bond motifs is 22. The zero-order chi connectivity index (χ0) is 95.5. The van der Waals surface area contributed by atoms with Gasteiger partial charge < -0.3 is 19.6 Å². The third-order valence-corrected chi connectivity index (χ3v) is 36.3. The van der Waals surface area contributed by atoms with Crippen molar-refractivity contribution >= 4 is 331 Å². The number of hydrogen-bond donors (Lipinski definition) is 0. The molecule has 21 aromatic carbocycles. The van der Waals surface area contributed by atoms with E-state index in [1.807, 2.05) is 80.2 Å². The maximum absolute atomic E-state index is 7.64. The zero-order valence-corrected chi connectivity index (χ0v) is 85.6. The quantitative estimate of drug-likeness (QED) is 0.0893. The van der Waals surface area contributed by atoms with Gasteiger partial charge in [0.1, 0.15) is 0 Å². The van der Waals surface area contributed by atoms with E-state index >= 15 is 0 Å². The molecule has 6 aromatic heterocycles. The Bertz CT molecular complexity index is 9480. The van der Waals surface area contributed by atoms with Crippen molar-refractivity contribution in [1.29, 1.82) is 0 Å². The largest absolute Gasteiger partial charge is 0.311 e. The lowest BCUT2D eigenvalue weighted by molar-refractivity contribution is 1.20. The molecule has 2 aliphatic rings. The lowest BCUT2D eigenvalue weighted by Crippen LogP contribution is -2.61. The molecular formula is C128H83BBrCl3N4S6. The molecule has 8 heterocycles. The average Bonchev–Trinajstić information content (AvgIpc) is 1.46. The van der Waals surface area contributed by atoms with Crippen molar-refractivity contribution in [2.45, 2.75) is 12.8 Å². The highest BCUT2D eigenvalue weighted by Crippen LogP contribution is 2.54. The summed E-state index contributed by atoms with van der Waals surface area (Å²) in [6, 6.07) is 172. The zero-order valence-electron chi connectivity index (χ0n) is 76.9. The highest BCUT2D eigenvalue weighted by Gasteiger charge is 2.44. The number of rotatable bonds is 12. The summed E-state index contributed by atoms with van der Waals surface area (Å²) in [6.45, 7) is 0.133. The fraction of sp³-hybridized carbons (Fsp3) is 0.0156. The molecule has 0 N–H and O–H groups in total. The molecule has 0 spiro atoms. The summed E-state index contributed by atoms with van der Waals surface area (Å²) in [5.41, 5.74) is 23.1. The molecule has 29 rings (SSSR count). The van der Waals surface area contributed by atoms with E-state index in [2.05, 4.69) is 497 Å². The second-order valence-corrected chi connectivity index (χ2v) is 44.1. The smallest absolute Gasteiger partial charge is 0.252 e. The molecule has 0 unspecified atom stereocenters. The number of hydrogen-bond acceptors (Lipinski definition) is 10. The van der Waals surface area contributed by atoms with Gasteiger partial charge in [-0.15, -0.1) is 68.0 Å². The Labute approximate surface area is 876 Å². The van der Waals surface area contributed by atoms with Gasteiger partial charge in [0, 0.05) is 162 Å². The maximum Gasteiger partial charge on any atom is 0.252 e. The van der Waals surface area contributed by atoms with Crippen LogP contribution in [0.15, 0.2) is 484 Å². The van der Waals surface area contributed by atoms with Crippen LogP contribution in [-0.4, -0.2) is 6.71 Å². The van der Waals surface area contributed by atoms with Crippen LogP contribution in [0.2, 0.25) is 15.1 Å². The van der Waals surface area contributed by atoms with Gasteiger partial charge >= 0.3 is 0 Å². The Hall–Kier alpha value is -14.4. The van der Waals surface area contributed by atoms with E-state index in [0.29, 0.717) is 15.1 Å². The first-order valence-electron chi connectivity index (χ1n) is 47.6. The van der Waals surface area contributed by atoms with E-state index in [4.69, 9.17) is 34.8 Å². The summed E-state index contributed by atoms with van der Waals surface area (Å²) in [6.07, 6.45) is 2.01. The third-order valence-electron chi connectivity index (χ3n) is 27.1. The Kier molecular flexibility index (Phi) is 24.6. The number of benzene rings is 21. The molecule has 0 fully saturated rings. The molecule has 0 radical (unpaired) electrons. The topological polar surface area (TPSA) is 13.0 Å². The minimum Gasteiger partial charge on any atom is -0.311 e. The van der Waals surface area contributed by atoms with Crippen molar-refractivity contribution in [2.75, 3.05) is 19.6 Å². The molecule has 15 heteroatoms. The number of halogens is 4. The molecule has 0 saturated carbocycles. The molecule has 2 aliphatic heterocycles. The standard InChI is InChI=1S/C42H25BN2S2.C42H27ClN2S2.2C19H14S.C6H3BrCl2/c1-8-22-39-27(11-1)29-13-9-20-37(42(29)47-39)45-34-17-6-4-15-32(34)43-31-14-3-5-16-33(31)44(35-18-10-19-36(45)41(35)43)26-23-24-40-30(25-26)28-12-2-7-21-38(28)46-40;43-41-35(44(28-13-3-1-4-14-28)30-25-26-40-34(27-30)32-18-8-9-23-38(32)46-40)20-12-21-36(41)45(29-15-5-2-6-16-29)37-22-11-19-33-31-17-7-10-24-39(31)47-42(33)37;1-2-7-14(8-3-1)13-15-9-6-11-17-16-10-4-5-12-18(16)20-19(15)17;1-2-6-14(7-3-1)12-15-10-11-19-17(13-15)16-8-4-5-9-18(16)20-19;7-4-2-1-3-5(8)6(4)9/h1-25H;1-27H;1-12H,13H2;1-11,13H,12H2;1-3H. The Morgan fingerprint density at radius 1 is 0.231 bits per heavy atom. The molecule has 0 atom stereocenters. The Morgan fingerprint density at radius 2 is 0.601 bits per heavy atom. The van der Waals surface area contributed by atoms with Gasteiger partial charge in [-0.3, -0.25) is 0 Å². The number of para-hydroxylation sites is 4. The Balaban J connectivity index is 0.000000103. The fourth-order valence-electron chi connectivity index (χ4n) is 20.7. The lowest BCUT2D eigenvalue weighted by atomic mass is 9.33. The van der Waals surface area contributed by atoms with Crippen LogP contribution >= 0.6 is 119 Å². The molecule has 27 aromatic rings. The molecular weight excluding hydrogens is 1980 g/mol. The number of thiophene rings is 6. The SMILES string of the molecule is Clc1c(N(c2ccccc2)c2ccc3sc4ccccc4c3c2)cccc1N(c1ccccc1)c1cccc2c1sc1ccccc12.Clc1cccc(Br)c1Cl.c1ccc(Cc2ccc3sc4ccccc4c3c2)cc1.c1ccc(Cc2cccc3c2sc2ccccc23)cc1.c1ccc2c(c1)B1c3ccccc3N(c3cccc4c3sc3ccccc34)c3cccc(c31)N2c1ccc2sc3ccccc3c2c1. The van der Waals surface area contributed by atoms with Gasteiger partial charge in [0.2, 0.25) is 0 Å². The van der Waals surface area contributed by atoms with Crippen LogP contribution in [0.1, 0.15) is 22.3 Å². The highest BCUT2D eigenvalue weighted by molar-refractivity contribution is 9.10. The summed E-state index contributed by atoms with van der Waals surface area (Å²) in [5.74, 6) is 0. The monoisotopic (exact) mass is 2060 g/mol. The average molecular weight is 2070 g/mol. The van der Waals surface area contributed by atoms with Gasteiger partial charge in [0.05, 0.1) is 47.2 Å². The van der Waals surface area contributed by atoms with Crippen LogP contribution in [0.25, 0.3) is 121 Å². The molecule has 4 nitrogen and oxygen atoms in total. The molecule has 143 heavy (non-hydrogen) atoms. The van der Waals surface area contributed by atoms with Gasteiger partial charge in [-0.05, 0) is 237 Å². The normalized spacial score (nSPS) is 11.9. The molecule has 0 amide bonds. The fourth-order valence-corrected chi connectivity index (χ4v) is 28.7. The van der Waals surface area contributed by atoms with Gasteiger partial charge in [-0.1, -0.05) is 344 Å². The van der Waals surface area contributed by atoms with Crippen LogP contribution in [0, 0.1) is 0 Å². The van der Waals surface area contributed by atoms with E-state index in [0.717, 1.165) is 51.4 Å². The summed E-state index contributed by atoms with van der Waals surface area (Å²) in [5, 5.41) is 17.7. The predicted molar refractivity (Wildman–Crippen MR) is 634 cm³/mol. The molecule has 0 aliphatic carbocycles. The first kappa shape index (κ1) is 89.9. The van der Waals surface area contributed by atoms with Crippen LogP contribution < -0.4 is 36.0 Å². The van der Waals surface area contributed by atoms with Crippen molar-refractivity contribution in [1.82, 2.24) is 0 Å². The summed E-state index contributed by atoms with van der Waals surface area (Å²) < 4.78 is 16.8. The summed E-state index contributed by atoms with van der Waals surface area (Å²) >= 11 is 33.4. The minimum absolute atomic E-state index is 0.133. The second kappa shape index (κ2) is 39.1. The first-order valence-corrected chi connectivity index (χ1v) is 54.4. The molecule has 682 valence electrons. The minimum atomic E-state index is 0.133. The van der Waals surface area contributed by atoms with E-state index in [1.165, 1.54) is 194 Å². The van der Waals surface area contributed by atoms with Crippen molar-refractivity contribution in [3.63, 3.8) is 0 Å². The molecule has 0 bridgehead atoms. The predicted octanol–water partition coefficient (Wildman–Crippen LogP) is 39.6. The van der Waals surface area contributed by atoms with Crippen molar-refractivity contribution in [3.8, 4) is 0 Å².